The zero-order chi connectivity index (χ0) is 17.1. The van der Waals surface area contributed by atoms with Crippen LogP contribution in [0.4, 0.5) is 0 Å². The first-order chi connectivity index (χ1) is 12.1. The first kappa shape index (κ1) is 15.1. The molecule has 0 bridgehead atoms. The molecule has 0 unspecified atom stereocenters. The molecule has 0 saturated heterocycles. The van der Waals surface area contributed by atoms with E-state index in [2.05, 4.69) is 84.7 Å². The molecule has 0 N–H and O–H groups in total. The van der Waals surface area contributed by atoms with Crippen molar-refractivity contribution >= 4 is 27.6 Å². The lowest BCUT2D eigenvalue weighted by Crippen LogP contribution is -2.33. The third kappa shape index (κ3) is 2.17. The standard InChI is InChI=1S/C19H18BrN5/c1-23(2)9-12-6-7-16-17(8-12)24-10-15(20)13-4-3-5-14(18(13)24)19-22-21-11-25(16)19/h4,6-8,10-11H,3,5,9H2,1-2H3. The highest BCUT2D eigenvalue weighted by Gasteiger charge is 2.24. The molecule has 2 aromatic heterocycles. The Kier molecular flexibility index (Phi) is 3.27. The van der Waals surface area contributed by atoms with Crippen LogP contribution in [0, 0.1) is 0 Å². The predicted octanol–water partition coefficient (Wildman–Crippen LogP) is 1.97. The third-order valence-corrected chi connectivity index (χ3v) is 5.53. The average Bonchev–Trinajstić information content (AvgIpc) is 3.17. The van der Waals surface area contributed by atoms with Gasteiger partial charge in [-0.3, -0.25) is 4.57 Å². The van der Waals surface area contributed by atoms with Crippen LogP contribution in [-0.2, 0) is 6.54 Å². The van der Waals surface area contributed by atoms with E-state index in [1.54, 1.807) is 0 Å². The molecule has 0 fully saturated rings. The Labute approximate surface area is 154 Å². The van der Waals surface area contributed by atoms with Crippen molar-refractivity contribution in [1.29, 1.82) is 0 Å². The van der Waals surface area contributed by atoms with E-state index in [1.807, 2.05) is 6.33 Å². The monoisotopic (exact) mass is 395 g/mol. The summed E-state index contributed by atoms with van der Waals surface area (Å²) in [5.74, 6) is 0.959. The summed E-state index contributed by atoms with van der Waals surface area (Å²) in [5, 5.41) is 11.2. The van der Waals surface area contributed by atoms with Gasteiger partial charge in [0.1, 0.15) is 6.33 Å². The minimum Gasteiger partial charge on any atom is -0.313 e. The van der Waals surface area contributed by atoms with Crippen molar-refractivity contribution in [2.45, 2.75) is 19.4 Å². The van der Waals surface area contributed by atoms with Gasteiger partial charge in [-0.05, 0) is 60.6 Å². The highest BCUT2D eigenvalue weighted by molar-refractivity contribution is 9.10. The largest absolute Gasteiger partial charge is 0.313 e. The summed E-state index contributed by atoms with van der Waals surface area (Å²) in [6, 6.07) is 6.66. The molecule has 3 heterocycles. The van der Waals surface area contributed by atoms with Gasteiger partial charge in [-0.2, -0.15) is 0 Å². The number of hydrogen-bond acceptors (Lipinski definition) is 3. The van der Waals surface area contributed by atoms with E-state index in [4.69, 9.17) is 0 Å². The smallest absolute Gasteiger partial charge is 0.166 e. The number of hydrogen-bond donors (Lipinski definition) is 0. The van der Waals surface area contributed by atoms with Gasteiger partial charge in [-0.15, -0.1) is 10.2 Å². The van der Waals surface area contributed by atoms with E-state index >= 15 is 0 Å². The molecular weight excluding hydrogens is 378 g/mol. The number of nitrogens with zero attached hydrogens (tertiary/aromatic N) is 5. The van der Waals surface area contributed by atoms with Gasteiger partial charge in [-0.1, -0.05) is 12.1 Å². The fourth-order valence-electron chi connectivity index (χ4n) is 3.93. The molecule has 1 aromatic carbocycles. The quantitative estimate of drug-likeness (QED) is 0.665. The summed E-state index contributed by atoms with van der Waals surface area (Å²) in [4.78, 5) is 2.19. The number of fused-ring (bicyclic) bond motifs is 5. The van der Waals surface area contributed by atoms with Crippen LogP contribution in [0.1, 0.15) is 24.2 Å². The Bertz CT molecular complexity index is 1120. The lowest BCUT2D eigenvalue weighted by atomic mass is 10.0. The van der Waals surface area contributed by atoms with Crippen LogP contribution in [0.25, 0.3) is 23.0 Å². The molecule has 6 heteroatoms. The number of rotatable bonds is 2. The zero-order valence-electron chi connectivity index (χ0n) is 14.2. The summed E-state index contributed by atoms with van der Waals surface area (Å²) < 4.78 is 5.57. The number of halogens is 1. The second-order valence-electron chi connectivity index (χ2n) is 6.92. The number of benzene rings is 1. The van der Waals surface area contributed by atoms with Crippen LogP contribution in [0.15, 0.2) is 35.2 Å². The minimum absolute atomic E-state index is 0.912. The Morgan fingerprint density at radius 2 is 2.08 bits per heavy atom. The Balaban J connectivity index is 1.91. The van der Waals surface area contributed by atoms with E-state index in [0.29, 0.717) is 0 Å². The van der Waals surface area contributed by atoms with Crippen molar-refractivity contribution < 1.29 is 0 Å². The van der Waals surface area contributed by atoms with Crippen molar-refractivity contribution in [1.82, 2.24) is 24.2 Å². The van der Waals surface area contributed by atoms with Crippen molar-refractivity contribution in [2.75, 3.05) is 14.1 Å². The third-order valence-electron chi connectivity index (χ3n) is 4.90. The molecule has 0 amide bonds. The van der Waals surface area contributed by atoms with E-state index in [0.717, 1.165) is 35.4 Å². The lowest BCUT2D eigenvalue weighted by Gasteiger charge is -2.15. The molecule has 1 aliphatic heterocycles. The molecule has 0 radical (unpaired) electrons. The number of aromatic nitrogens is 4. The van der Waals surface area contributed by atoms with Crippen molar-refractivity contribution in [3.8, 4) is 11.4 Å². The SMILES string of the molecule is CN(C)Cc1ccc2c(c1)-n1cc(Br)c3c1=C(CCC=3)c1nncn1-2. The second-order valence-corrected chi connectivity index (χ2v) is 7.77. The van der Waals surface area contributed by atoms with Gasteiger partial charge in [0.2, 0.25) is 0 Å². The van der Waals surface area contributed by atoms with Gasteiger partial charge in [0.15, 0.2) is 5.82 Å². The maximum absolute atomic E-state index is 4.45. The van der Waals surface area contributed by atoms with Crippen LogP contribution in [0.3, 0.4) is 0 Å². The van der Waals surface area contributed by atoms with Gasteiger partial charge in [-0.25, -0.2) is 0 Å². The van der Waals surface area contributed by atoms with E-state index < -0.39 is 0 Å². The Morgan fingerprint density at radius 1 is 1.20 bits per heavy atom. The normalized spacial score (nSPS) is 14.6. The molecule has 3 aromatic rings. The van der Waals surface area contributed by atoms with Crippen LogP contribution in [-0.4, -0.2) is 38.3 Å². The topological polar surface area (TPSA) is 38.9 Å². The highest BCUT2D eigenvalue weighted by atomic mass is 79.9. The van der Waals surface area contributed by atoms with Crippen molar-refractivity contribution in [3.05, 3.63) is 57.2 Å². The van der Waals surface area contributed by atoms with Gasteiger partial charge >= 0.3 is 0 Å². The van der Waals surface area contributed by atoms with Gasteiger partial charge in [0, 0.05) is 28.0 Å². The van der Waals surface area contributed by atoms with Gasteiger partial charge < -0.3 is 9.47 Å². The molecule has 25 heavy (non-hydrogen) atoms. The summed E-state index contributed by atoms with van der Waals surface area (Å²) in [6.07, 6.45) is 8.34. The molecular formula is C19H18BrN5. The maximum Gasteiger partial charge on any atom is 0.166 e. The lowest BCUT2D eigenvalue weighted by molar-refractivity contribution is 0.402. The van der Waals surface area contributed by atoms with Crippen LogP contribution in [0.2, 0.25) is 0 Å². The Hall–Kier alpha value is -2.18. The first-order valence-electron chi connectivity index (χ1n) is 8.42. The van der Waals surface area contributed by atoms with Crippen molar-refractivity contribution in [3.63, 3.8) is 0 Å². The summed E-state index contributed by atoms with van der Waals surface area (Å²) in [5.41, 5.74) is 4.86. The molecule has 5 rings (SSSR count). The molecule has 1 aliphatic carbocycles. The molecule has 126 valence electrons. The summed E-state index contributed by atoms with van der Waals surface area (Å²) >= 11 is 3.75. The Morgan fingerprint density at radius 3 is 2.92 bits per heavy atom. The van der Waals surface area contributed by atoms with E-state index in [-0.39, 0.29) is 0 Å². The fraction of sp³-hybridized carbons (Fsp3) is 0.263. The predicted molar refractivity (Wildman–Crippen MR) is 101 cm³/mol. The maximum atomic E-state index is 4.45. The fourth-order valence-corrected chi connectivity index (χ4v) is 4.48. The van der Waals surface area contributed by atoms with Crippen LogP contribution < -0.4 is 10.6 Å². The van der Waals surface area contributed by atoms with Gasteiger partial charge in [0.05, 0.1) is 16.7 Å². The van der Waals surface area contributed by atoms with E-state index in [9.17, 15) is 0 Å². The van der Waals surface area contributed by atoms with Crippen molar-refractivity contribution in [2.24, 2.45) is 0 Å². The van der Waals surface area contributed by atoms with Crippen LogP contribution in [0.5, 0.6) is 0 Å². The molecule has 0 atom stereocenters. The summed E-state index contributed by atoms with van der Waals surface area (Å²) in [7, 11) is 4.19. The summed E-state index contributed by atoms with van der Waals surface area (Å²) in [6.45, 7) is 0.912. The highest BCUT2D eigenvalue weighted by Crippen LogP contribution is 2.29. The van der Waals surface area contributed by atoms with Crippen LogP contribution >= 0.6 is 15.9 Å². The molecule has 0 spiro atoms. The molecule has 2 aliphatic rings. The van der Waals surface area contributed by atoms with Gasteiger partial charge in [0.25, 0.3) is 0 Å². The molecule has 5 nitrogen and oxygen atoms in total. The first-order valence-corrected chi connectivity index (χ1v) is 9.22. The molecule has 0 saturated carbocycles. The van der Waals surface area contributed by atoms with E-state index in [1.165, 1.54) is 27.4 Å². The average molecular weight is 396 g/mol. The second kappa shape index (κ2) is 5.41. The zero-order valence-corrected chi connectivity index (χ0v) is 15.8. The minimum atomic E-state index is 0.912.